The van der Waals surface area contributed by atoms with Crippen LogP contribution in [0, 0.1) is 0 Å². The van der Waals surface area contributed by atoms with Crippen molar-refractivity contribution < 1.29 is 24.2 Å². The van der Waals surface area contributed by atoms with Gasteiger partial charge in [0.2, 0.25) is 6.79 Å². The van der Waals surface area contributed by atoms with Crippen molar-refractivity contribution in [2.24, 2.45) is 0 Å². The molecule has 0 radical (unpaired) electrons. The van der Waals surface area contributed by atoms with E-state index in [1.807, 2.05) is 0 Å². The summed E-state index contributed by atoms with van der Waals surface area (Å²) in [5.74, 6) is -0.260. The van der Waals surface area contributed by atoms with E-state index >= 15 is 0 Å². The fourth-order valence-corrected chi connectivity index (χ4v) is 4.53. The first-order chi connectivity index (χ1) is 12.6. The predicted molar refractivity (Wildman–Crippen MR) is 96.5 cm³/mol. The van der Waals surface area contributed by atoms with Gasteiger partial charge in [0.15, 0.2) is 11.5 Å². The number of ether oxygens (including phenoxy) is 2. The molecule has 26 heavy (non-hydrogen) atoms. The van der Waals surface area contributed by atoms with Gasteiger partial charge in [0.05, 0.1) is 5.56 Å². The summed E-state index contributed by atoms with van der Waals surface area (Å²) < 4.78 is 10.5. The number of likely N-dealkylation sites (N-methyl/N-ethyl adjacent to an activating group) is 1. The van der Waals surface area contributed by atoms with Crippen LogP contribution < -0.4 is 14.8 Å². The van der Waals surface area contributed by atoms with Crippen LogP contribution >= 0.6 is 11.3 Å². The Balaban J connectivity index is 1.62. The molecule has 0 atom stereocenters. The summed E-state index contributed by atoms with van der Waals surface area (Å²) >= 11 is 1.35. The van der Waals surface area contributed by atoms with Crippen LogP contribution in [0.5, 0.6) is 11.5 Å². The highest BCUT2D eigenvalue weighted by atomic mass is 32.1. The number of hydrogen-bond donors (Lipinski definition) is 2. The van der Waals surface area contributed by atoms with Crippen LogP contribution in [-0.4, -0.2) is 41.8 Å². The van der Waals surface area contributed by atoms with Gasteiger partial charge < -0.3 is 19.9 Å². The number of nitrogens with zero attached hydrogens (tertiary/aromatic N) is 1. The minimum Gasteiger partial charge on any atom is -0.478 e. The van der Waals surface area contributed by atoms with Crippen LogP contribution in [0.15, 0.2) is 18.2 Å². The van der Waals surface area contributed by atoms with E-state index in [-0.39, 0.29) is 18.3 Å². The van der Waals surface area contributed by atoms with Crippen molar-refractivity contribution in [2.45, 2.75) is 19.9 Å². The predicted octanol–water partition coefficient (Wildman–Crippen LogP) is 2.81. The summed E-state index contributed by atoms with van der Waals surface area (Å²) in [4.78, 5) is 27.7. The van der Waals surface area contributed by atoms with Crippen molar-refractivity contribution in [3.63, 3.8) is 0 Å². The first-order valence-electron chi connectivity index (χ1n) is 8.38. The number of amides is 1. The Morgan fingerprint density at radius 2 is 2.12 bits per heavy atom. The summed E-state index contributed by atoms with van der Waals surface area (Å²) in [6.45, 7) is 4.68. The molecule has 136 valence electrons. The Bertz CT molecular complexity index is 892. The molecule has 0 bridgehead atoms. The number of nitrogens with one attached hydrogen (secondary N) is 1. The molecule has 1 aromatic heterocycles. The summed E-state index contributed by atoms with van der Waals surface area (Å²) in [6, 6.07) is 4.91. The average molecular weight is 374 g/mol. The van der Waals surface area contributed by atoms with Gasteiger partial charge in [0, 0.05) is 23.5 Å². The first kappa shape index (κ1) is 16.9. The Morgan fingerprint density at radius 1 is 1.31 bits per heavy atom. The van der Waals surface area contributed by atoms with E-state index in [1.165, 1.54) is 11.3 Å². The molecule has 2 aliphatic heterocycles. The quantitative estimate of drug-likeness (QED) is 0.856. The lowest BCUT2D eigenvalue weighted by Gasteiger charge is -2.25. The Labute approximate surface area is 154 Å². The second kappa shape index (κ2) is 6.62. The van der Waals surface area contributed by atoms with E-state index in [0.717, 1.165) is 30.1 Å². The van der Waals surface area contributed by atoms with Gasteiger partial charge in [-0.05, 0) is 36.7 Å². The SMILES string of the molecule is CCN1CCc2c(sc(NC(=O)c3ccc4c(c3)OCO4)c2C(=O)O)C1. The van der Waals surface area contributed by atoms with E-state index in [2.05, 4.69) is 17.1 Å². The number of benzene rings is 1. The van der Waals surface area contributed by atoms with Crippen LogP contribution in [0.3, 0.4) is 0 Å². The number of hydrogen-bond acceptors (Lipinski definition) is 6. The molecule has 7 nitrogen and oxygen atoms in total. The van der Waals surface area contributed by atoms with Gasteiger partial charge in [0.1, 0.15) is 5.00 Å². The van der Waals surface area contributed by atoms with Crippen molar-refractivity contribution in [3.8, 4) is 11.5 Å². The second-order valence-corrected chi connectivity index (χ2v) is 7.26. The molecule has 2 aromatic rings. The molecule has 0 spiro atoms. The zero-order valence-electron chi connectivity index (χ0n) is 14.2. The molecular weight excluding hydrogens is 356 g/mol. The van der Waals surface area contributed by atoms with E-state index in [0.29, 0.717) is 28.5 Å². The molecular formula is C18H18N2O5S. The van der Waals surface area contributed by atoms with Crippen molar-refractivity contribution in [1.82, 2.24) is 4.90 Å². The van der Waals surface area contributed by atoms with Crippen LogP contribution in [0.4, 0.5) is 5.00 Å². The zero-order chi connectivity index (χ0) is 18.3. The number of fused-ring (bicyclic) bond motifs is 2. The Hall–Kier alpha value is -2.58. The highest BCUT2D eigenvalue weighted by Crippen LogP contribution is 2.38. The fraction of sp³-hybridized carbons (Fsp3) is 0.333. The molecule has 2 N–H and O–H groups in total. The molecule has 0 saturated heterocycles. The number of anilines is 1. The zero-order valence-corrected chi connectivity index (χ0v) is 15.0. The smallest absolute Gasteiger partial charge is 0.339 e. The monoisotopic (exact) mass is 374 g/mol. The number of carbonyl (C=O) groups excluding carboxylic acids is 1. The number of carboxylic acids is 1. The van der Waals surface area contributed by atoms with Crippen molar-refractivity contribution in [2.75, 3.05) is 25.2 Å². The van der Waals surface area contributed by atoms with E-state index in [1.54, 1.807) is 18.2 Å². The van der Waals surface area contributed by atoms with Gasteiger partial charge in [-0.25, -0.2) is 4.79 Å². The maximum Gasteiger partial charge on any atom is 0.339 e. The summed E-state index contributed by atoms with van der Waals surface area (Å²) in [6.07, 6.45) is 0.682. The maximum atomic E-state index is 12.6. The summed E-state index contributed by atoms with van der Waals surface area (Å²) in [7, 11) is 0. The normalized spacial score (nSPS) is 15.6. The van der Waals surface area contributed by atoms with Gasteiger partial charge in [-0.2, -0.15) is 0 Å². The molecule has 0 aliphatic carbocycles. The minimum absolute atomic E-state index is 0.134. The van der Waals surface area contributed by atoms with Gasteiger partial charge >= 0.3 is 5.97 Å². The Morgan fingerprint density at radius 3 is 2.88 bits per heavy atom. The third-order valence-corrected chi connectivity index (χ3v) is 5.79. The molecule has 8 heteroatoms. The van der Waals surface area contributed by atoms with Gasteiger partial charge in [0.25, 0.3) is 5.91 Å². The topological polar surface area (TPSA) is 88.1 Å². The highest BCUT2D eigenvalue weighted by Gasteiger charge is 2.28. The van der Waals surface area contributed by atoms with Gasteiger partial charge in [-0.15, -0.1) is 11.3 Å². The summed E-state index contributed by atoms with van der Waals surface area (Å²) in [5, 5.41) is 12.8. The maximum absolute atomic E-state index is 12.6. The second-order valence-electron chi connectivity index (χ2n) is 6.15. The summed E-state index contributed by atoms with van der Waals surface area (Å²) in [5.41, 5.74) is 1.45. The fourth-order valence-electron chi connectivity index (χ4n) is 3.25. The molecule has 0 saturated carbocycles. The lowest BCUT2D eigenvalue weighted by Crippen LogP contribution is -2.29. The van der Waals surface area contributed by atoms with Crippen molar-refractivity contribution in [1.29, 1.82) is 0 Å². The molecule has 1 aromatic carbocycles. The molecule has 0 unspecified atom stereocenters. The van der Waals surface area contributed by atoms with Gasteiger partial charge in [-0.3, -0.25) is 9.69 Å². The van der Waals surface area contributed by atoms with Crippen LogP contribution in [0.25, 0.3) is 0 Å². The van der Waals surface area contributed by atoms with Crippen molar-refractivity contribution >= 4 is 28.2 Å². The Kier molecular flexibility index (Phi) is 4.29. The number of thiophene rings is 1. The van der Waals surface area contributed by atoms with Crippen LogP contribution in [-0.2, 0) is 13.0 Å². The highest BCUT2D eigenvalue weighted by molar-refractivity contribution is 7.17. The third kappa shape index (κ3) is 2.91. The number of rotatable bonds is 4. The lowest BCUT2D eigenvalue weighted by atomic mass is 10.0. The largest absolute Gasteiger partial charge is 0.478 e. The third-order valence-electron chi connectivity index (χ3n) is 4.66. The molecule has 3 heterocycles. The van der Waals surface area contributed by atoms with Crippen LogP contribution in [0.1, 0.15) is 38.1 Å². The molecule has 4 rings (SSSR count). The standard InChI is InChI=1S/C18H18N2O5S/c1-2-20-6-5-11-14(8-20)26-17(15(11)18(22)23)19-16(21)10-3-4-12-13(7-10)25-9-24-12/h3-4,7H,2,5-6,8-9H2,1H3,(H,19,21)(H,22,23). The molecule has 0 fully saturated rings. The van der Waals surface area contributed by atoms with Crippen LogP contribution in [0.2, 0.25) is 0 Å². The van der Waals surface area contributed by atoms with Gasteiger partial charge in [-0.1, -0.05) is 6.92 Å². The van der Waals surface area contributed by atoms with Crippen molar-refractivity contribution in [3.05, 3.63) is 39.8 Å². The lowest BCUT2D eigenvalue weighted by molar-refractivity contribution is 0.0696. The van der Waals surface area contributed by atoms with E-state index < -0.39 is 5.97 Å². The number of aromatic carboxylic acids is 1. The number of carbonyl (C=O) groups is 2. The first-order valence-corrected chi connectivity index (χ1v) is 9.19. The molecule has 2 aliphatic rings. The molecule has 1 amide bonds. The average Bonchev–Trinajstić information content (AvgIpc) is 3.23. The number of carboxylic acid groups (broad SMARTS) is 1. The minimum atomic E-state index is -1.01. The van der Waals surface area contributed by atoms with E-state index in [4.69, 9.17) is 9.47 Å². The van der Waals surface area contributed by atoms with E-state index in [9.17, 15) is 14.7 Å².